The van der Waals surface area contributed by atoms with Crippen LogP contribution in [-0.2, 0) is 11.2 Å². The van der Waals surface area contributed by atoms with E-state index in [2.05, 4.69) is 35.8 Å². The Kier molecular flexibility index (Phi) is 6.83. The number of hydrogen-bond acceptors (Lipinski definition) is 2. The maximum absolute atomic E-state index is 12.1. The first-order chi connectivity index (χ1) is 9.52. The van der Waals surface area contributed by atoms with Crippen LogP contribution in [0.1, 0.15) is 70.1 Å². The van der Waals surface area contributed by atoms with E-state index < -0.39 is 0 Å². The van der Waals surface area contributed by atoms with E-state index in [1.54, 1.807) is 6.92 Å². The van der Waals surface area contributed by atoms with E-state index in [-0.39, 0.29) is 11.7 Å². The highest BCUT2D eigenvalue weighted by atomic mass is 16.1. The van der Waals surface area contributed by atoms with Crippen LogP contribution >= 0.6 is 0 Å². The summed E-state index contributed by atoms with van der Waals surface area (Å²) in [5.41, 5.74) is 2.56. The van der Waals surface area contributed by atoms with Gasteiger partial charge in [-0.05, 0) is 37.8 Å². The van der Waals surface area contributed by atoms with Gasteiger partial charge in [0.2, 0.25) is 0 Å². The van der Waals surface area contributed by atoms with Gasteiger partial charge in [0.05, 0.1) is 11.6 Å². The van der Waals surface area contributed by atoms with E-state index in [9.17, 15) is 4.79 Å². The van der Waals surface area contributed by atoms with Crippen LogP contribution in [-0.4, -0.2) is 24.6 Å². The lowest BCUT2D eigenvalue weighted by atomic mass is 9.91. The Hall–Kier alpha value is -1.25. The molecule has 114 valence electrons. The second-order valence-corrected chi connectivity index (χ2v) is 5.83. The number of aryl methyl sites for hydroxylation is 1. The van der Waals surface area contributed by atoms with Crippen molar-refractivity contribution in [2.24, 2.45) is 0 Å². The smallest absolute Gasteiger partial charge is 0.138 e. The van der Waals surface area contributed by atoms with Crippen molar-refractivity contribution in [1.82, 2.24) is 4.68 Å². The number of nitrogens with zero attached hydrogens (tertiary/aromatic N) is 2. The third-order valence-electron chi connectivity index (χ3n) is 3.89. The second-order valence-electron chi connectivity index (χ2n) is 5.83. The summed E-state index contributed by atoms with van der Waals surface area (Å²) in [7, 11) is 4.06. The van der Waals surface area contributed by atoms with Crippen LogP contribution in [0, 0.1) is 0 Å². The zero-order valence-corrected chi connectivity index (χ0v) is 13.8. The summed E-state index contributed by atoms with van der Waals surface area (Å²) in [4.78, 5) is 12.1. The van der Waals surface area contributed by atoms with E-state index in [0.29, 0.717) is 0 Å². The van der Waals surface area contributed by atoms with Gasteiger partial charge >= 0.3 is 0 Å². The summed E-state index contributed by atoms with van der Waals surface area (Å²) in [5, 5.41) is 2.06. The highest BCUT2D eigenvalue weighted by molar-refractivity contribution is 5.83. The summed E-state index contributed by atoms with van der Waals surface area (Å²) in [6.45, 7) is 6.12. The highest BCUT2D eigenvalue weighted by Gasteiger charge is 2.24. The van der Waals surface area contributed by atoms with Gasteiger partial charge in [-0.25, -0.2) is 0 Å². The fraction of sp³-hybridized carbons (Fsp3) is 0.706. The molecular weight excluding hydrogens is 248 g/mol. The Balaban J connectivity index is 3.13. The van der Waals surface area contributed by atoms with Gasteiger partial charge < -0.3 is 5.01 Å². The molecule has 1 aromatic heterocycles. The number of Topliss-reactive ketones (excluding diaryl/α,β-unsaturated/α-hetero) is 1. The molecule has 1 heterocycles. The lowest BCUT2D eigenvalue weighted by Crippen LogP contribution is -2.29. The van der Waals surface area contributed by atoms with Crippen LogP contribution in [0.25, 0.3) is 0 Å². The van der Waals surface area contributed by atoms with E-state index in [1.165, 1.54) is 24.1 Å². The van der Waals surface area contributed by atoms with Gasteiger partial charge in [0.25, 0.3) is 0 Å². The second kappa shape index (κ2) is 8.13. The average molecular weight is 278 g/mol. The van der Waals surface area contributed by atoms with Gasteiger partial charge in [-0.2, -0.15) is 0 Å². The van der Waals surface area contributed by atoms with Crippen LogP contribution < -0.4 is 5.01 Å². The quantitative estimate of drug-likeness (QED) is 0.684. The van der Waals surface area contributed by atoms with Gasteiger partial charge in [0.15, 0.2) is 0 Å². The number of ketones is 1. The largest absolute Gasteiger partial charge is 0.319 e. The maximum atomic E-state index is 12.1. The molecule has 3 heteroatoms. The first-order valence-electron chi connectivity index (χ1n) is 7.91. The molecule has 1 aromatic rings. The molecule has 0 aliphatic heterocycles. The zero-order chi connectivity index (χ0) is 15.1. The number of rotatable bonds is 9. The van der Waals surface area contributed by atoms with Crippen molar-refractivity contribution in [3.05, 3.63) is 23.5 Å². The summed E-state index contributed by atoms with van der Waals surface area (Å²) < 4.78 is 2.15. The molecule has 0 amide bonds. The van der Waals surface area contributed by atoms with Crippen molar-refractivity contribution >= 4 is 5.78 Å². The predicted octanol–water partition coefficient (Wildman–Crippen LogP) is 3.89. The standard InChI is InChI=1S/C17H30N2O/c1-6-8-10-15-12-13-19(18(4)5)17(15)16(14(3)20)11-9-7-2/h12-13,16H,6-11H2,1-5H3. The highest BCUT2D eigenvalue weighted by Crippen LogP contribution is 2.28. The van der Waals surface area contributed by atoms with Crippen molar-refractivity contribution in [3.8, 4) is 0 Å². The Morgan fingerprint density at radius 2 is 1.90 bits per heavy atom. The van der Waals surface area contributed by atoms with Gasteiger partial charge in [-0.1, -0.05) is 33.1 Å². The monoisotopic (exact) mass is 278 g/mol. The van der Waals surface area contributed by atoms with Crippen LogP contribution in [0.5, 0.6) is 0 Å². The fourth-order valence-corrected chi connectivity index (χ4v) is 2.73. The first kappa shape index (κ1) is 16.8. The van der Waals surface area contributed by atoms with Crippen molar-refractivity contribution < 1.29 is 4.79 Å². The molecule has 0 aliphatic rings. The molecule has 0 radical (unpaired) electrons. The Labute approximate surface area is 123 Å². The first-order valence-corrected chi connectivity index (χ1v) is 7.91. The lowest BCUT2D eigenvalue weighted by molar-refractivity contribution is -0.118. The van der Waals surface area contributed by atoms with Crippen molar-refractivity contribution in [3.63, 3.8) is 0 Å². The van der Waals surface area contributed by atoms with Gasteiger partial charge in [0.1, 0.15) is 5.78 Å². The maximum Gasteiger partial charge on any atom is 0.138 e. The van der Waals surface area contributed by atoms with Crippen LogP contribution in [0.3, 0.4) is 0 Å². The normalized spacial score (nSPS) is 12.4. The zero-order valence-electron chi connectivity index (χ0n) is 13.8. The fourth-order valence-electron chi connectivity index (χ4n) is 2.73. The molecular formula is C17H30N2O. The molecule has 0 N–H and O–H groups in total. The molecule has 0 aromatic carbocycles. The summed E-state index contributed by atoms with van der Waals surface area (Å²) in [5.74, 6) is 0.331. The molecule has 1 rings (SSSR count). The number of aromatic nitrogens is 1. The van der Waals surface area contributed by atoms with E-state index in [1.807, 2.05) is 14.1 Å². The SMILES string of the molecule is CCCCc1ccn(N(C)C)c1C(CCCC)C(C)=O. The average Bonchev–Trinajstić information content (AvgIpc) is 2.80. The van der Waals surface area contributed by atoms with Gasteiger partial charge in [-0.3, -0.25) is 9.47 Å². The van der Waals surface area contributed by atoms with Crippen molar-refractivity contribution in [1.29, 1.82) is 0 Å². The molecule has 0 aliphatic carbocycles. The van der Waals surface area contributed by atoms with Crippen LogP contribution in [0.15, 0.2) is 12.3 Å². The number of unbranched alkanes of at least 4 members (excludes halogenated alkanes) is 2. The number of carbonyl (C=O) groups excluding carboxylic acids is 1. The van der Waals surface area contributed by atoms with E-state index in [4.69, 9.17) is 0 Å². The molecule has 1 atom stereocenters. The van der Waals surface area contributed by atoms with Crippen LogP contribution in [0.2, 0.25) is 0 Å². The van der Waals surface area contributed by atoms with Crippen molar-refractivity contribution in [2.45, 2.75) is 65.2 Å². The molecule has 0 spiro atoms. The Morgan fingerprint density at radius 3 is 2.40 bits per heavy atom. The topological polar surface area (TPSA) is 25.2 Å². The molecule has 0 fully saturated rings. The Morgan fingerprint density at radius 1 is 1.25 bits per heavy atom. The third-order valence-corrected chi connectivity index (χ3v) is 3.89. The van der Waals surface area contributed by atoms with Crippen molar-refractivity contribution in [2.75, 3.05) is 19.1 Å². The molecule has 20 heavy (non-hydrogen) atoms. The minimum Gasteiger partial charge on any atom is -0.319 e. The Bertz CT molecular complexity index is 421. The molecule has 0 bridgehead atoms. The lowest BCUT2D eigenvalue weighted by Gasteiger charge is -2.24. The van der Waals surface area contributed by atoms with Crippen LogP contribution in [0.4, 0.5) is 0 Å². The number of carbonyl (C=O) groups is 1. The summed E-state index contributed by atoms with van der Waals surface area (Å²) in [6, 6.07) is 2.19. The summed E-state index contributed by atoms with van der Waals surface area (Å²) in [6.07, 6.45) is 8.75. The minimum atomic E-state index is 0.0409. The van der Waals surface area contributed by atoms with Gasteiger partial charge in [-0.15, -0.1) is 0 Å². The third kappa shape index (κ3) is 4.12. The van der Waals surface area contributed by atoms with E-state index >= 15 is 0 Å². The molecule has 0 saturated heterocycles. The molecule has 3 nitrogen and oxygen atoms in total. The summed E-state index contributed by atoms with van der Waals surface area (Å²) >= 11 is 0. The minimum absolute atomic E-state index is 0.0409. The molecule has 0 saturated carbocycles. The predicted molar refractivity (Wildman–Crippen MR) is 86.1 cm³/mol. The number of hydrogen-bond donors (Lipinski definition) is 0. The van der Waals surface area contributed by atoms with E-state index in [0.717, 1.165) is 25.7 Å². The molecule has 1 unspecified atom stereocenters. The van der Waals surface area contributed by atoms with Gasteiger partial charge in [0, 0.05) is 20.3 Å².